The molecule has 1 heterocycles. The number of hydrogen-bond acceptors (Lipinski definition) is 3. The van der Waals surface area contributed by atoms with E-state index in [1.165, 1.54) is 0 Å². The molecule has 0 aliphatic carbocycles. The average molecular weight is 315 g/mol. The van der Waals surface area contributed by atoms with Gasteiger partial charge in [-0.2, -0.15) is 0 Å². The van der Waals surface area contributed by atoms with Crippen molar-refractivity contribution in [1.82, 2.24) is 9.13 Å². The van der Waals surface area contributed by atoms with E-state index in [0.29, 0.717) is 16.3 Å². The highest BCUT2D eigenvalue weighted by molar-refractivity contribution is 6.30. The summed E-state index contributed by atoms with van der Waals surface area (Å²) in [5, 5.41) is 8.78. The molecule has 0 saturated heterocycles. The van der Waals surface area contributed by atoms with Crippen LogP contribution in [0.4, 0.5) is 5.69 Å². The molecule has 0 fully saturated rings. The minimum atomic E-state index is -0.0699. The highest BCUT2D eigenvalue weighted by Crippen LogP contribution is 2.17. The number of nitrogens with zero attached hydrogens (tertiary/aromatic N) is 2. The van der Waals surface area contributed by atoms with E-state index >= 15 is 0 Å². The Labute approximate surface area is 132 Å². The molecule has 0 spiro atoms. The van der Waals surface area contributed by atoms with Gasteiger partial charge in [-0.3, -0.25) is 10.2 Å². The molecule has 0 saturated carbocycles. The fourth-order valence-electron chi connectivity index (χ4n) is 2.48. The lowest BCUT2D eigenvalue weighted by Crippen LogP contribution is -2.25. The van der Waals surface area contributed by atoms with Crippen molar-refractivity contribution >= 4 is 34.1 Å². The van der Waals surface area contributed by atoms with Gasteiger partial charge in [0.1, 0.15) is 0 Å². The van der Waals surface area contributed by atoms with Gasteiger partial charge in [-0.1, -0.05) is 11.6 Å². The van der Waals surface area contributed by atoms with Crippen LogP contribution in [0.5, 0.6) is 0 Å². The molecule has 1 aromatic heterocycles. The Morgan fingerprint density at radius 1 is 1.18 bits per heavy atom. The summed E-state index contributed by atoms with van der Waals surface area (Å²) >= 11 is 5.84. The third-order valence-corrected chi connectivity index (χ3v) is 3.94. The fraction of sp³-hybridized carbons (Fsp3) is 0.125. The van der Waals surface area contributed by atoms with Crippen LogP contribution in [0.1, 0.15) is 10.4 Å². The molecule has 6 heteroatoms. The van der Waals surface area contributed by atoms with Crippen molar-refractivity contribution in [2.45, 2.75) is 6.54 Å². The summed E-state index contributed by atoms with van der Waals surface area (Å²) in [7, 11) is 1.79. The second-order valence-electron chi connectivity index (χ2n) is 5.15. The first-order valence-electron chi connectivity index (χ1n) is 6.75. The van der Waals surface area contributed by atoms with E-state index < -0.39 is 0 Å². The number of benzene rings is 2. The number of halogens is 1. The van der Waals surface area contributed by atoms with E-state index in [2.05, 4.69) is 0 Å². The van der Waals surface area contributed by atoms with E-state index in [1.807, 2.05) is 6.07 Å². The van der Waals surface area contributed by atoms with Crippen molar-refractivity contribution in [2.75, 3.05) is 5.73 Å². The Morgan fingerprint density at radius 2 is 1.86 bits per heavy atom. The number of Topliss-reactive ketones (excluding diaryl/α,β-unsaturated/α-hetero) is 1. The number of fused-ring (bicyclic) bond motifs is 1. The van der Waals surface area contributed by atoms with Crippen LogP contribution in [0.15, 0.2) is 42.5 Å². The molecule has 0 radical (unpaired) electrons. The predicted molar refractivity (Wildman–Crippen MR) is 87.0 cm³/mol. The topological polar surface area (TPSA) is 76.8 Å². The molecule has 3 aromatic rings. The second kappa shape index (κ2) is 5.35. The Balaban J connectivity index is 2.04. The lowest BCUT2D eigenvalue weighted by atomic mass is 10.1. The Bertz CT molecular complexity index is 922. The van der Waals surface area contributed by atoms with E-state index in [-0.39, 0.29) is 17.9 Å². The minimum Gasteiger partial charge on any atom is -0.399 e. The fourth-order valence-corrected chi connectivity index (χ4v) is 2.60. The first kappa shape index (κ1) is 14.4. The van der Waals surface area contributed by atoms with Gasteiger partial charge in [0.05, 0.1) is 17.6 Å². The van der Waals surface area contributed by atoms with Gasteiger partial charge < -0.3 is 14.9 Å². The van der Waals surface area contributed by atoms with Gasteiger partial charge in [0.25, 0.3) is 0 Å². The molecule has 0 aliphatic heterocycles. The smallest absolute Gasteiger partial charge is 0.203 e. The van der Waals surface area contributed by atoms with E-state index in [4.69, 9.17) is 22.7 Å². The number of carbonyl (C=O) groups excluding carboxylic acids is 1. The number of aromatic nitrogens is 2. The maximum Gasteiger partial charge on any atom is 0.203 e. The maximum absolute atomic E-state index is 12.4. The Kier molecular flexibility index (Phi) is 3.50. The number of nitrogen functional groups attached to an aromatic ring is 1. The molecule has 22 heavy (non-hydrogen) atoms. The van der Waals surface area contributed by atoms with Crippen molar-refractivity contribution in [3.8, 4) is 0 Å². The summed E-state index contributed by atoms with van der Waals surface area (Å²) in [6.45, 7) is 0.0989. The monoisotopic (exact) mass is 314 g/mol. The highest BCUT2D eigenvalue weighted by Gasteiger charge is 2.13. The molecular weight excluding hydrogens is 300 g/mol. The normalized spacial score (nSPS) is 11.0. The molecule has 5 nitrogen and oxygen atoms in total. The third-order valence-electron chi connectivity index (χ3n) is 3.69. The number of anilines is 1. The minimum absolute atomic E-state index is 0.0699. The number of nitrogens with one attached hydrogen (secondary N) is 1. The number of rotatable bonds is 3. The zero-order valence-electron chi connectivity index (χ0n) is 12.0. The van der Waals surface area contributed by atoms with E-state index in [9.17, 15) is 4.79 Å². The van der Waals surface area contributed by atoms with Crippen LogP contribution < -0.4 is 11.4 Å². The summed E-state index contributed by atoms with van der Waals surface area (Å²) in [5.41, 5.74) is 8.89. The zero-order valence-corrected chi connectivity index (χ0v) is 12.8. The summed E-state index contributed by atoms with van der Waals surface area (Å²) in [6, 6.07) is 12.2. The molecule has 3 rings (SSSR count). The van der Waals surface area contributed by atoms with Gasteiger partial charge in [0.15, 0.2) is 5.78 Å². The molecule has 0 amide bonds. The standard InChI is InChI=1S/C16H15ClN4O/c1-20-14-8-12(18)6-7-13(14)21(16(20)19)9-15(22)10-2-4-11(17)5-3-10/h2-8,19H,9,18H2,1H3. The van der Waals surface area contributed by atoms with Crippen LogP contribution in [0.2, 0.25) is 5.02 Å². The molecule has 2 aromatic carbocycles. The van der Waals surface area contributed by atoms with Gasteiger partial charge in [0.2, 0.25) is 5.62 Å². The van der Waals surface area contributed by atoms with E-state index in [1.54, 1.807) is 52.6 Å². The van der Waals surface area contributed by atoms with Crippen LogP contribution >= 0.6 is 11.6 Å². The largest absolute Gasteiger partial charge is 0.399 e. The number of ketones is 1. The molecule has 0 atom stereocenters. The number of nitrogens with two attached hydrogens (primary N) is 1. The van der Waals surface area contributed by atoms with Gasteiger partial charge in [-0.05, 0) is 42.5 Å². The van der Waals surface area contributed by atoms with Gasteiger partial charge >= 0.3 is 0 Å². The molecule has 0 bridgehead atoms. The number of imidazole rings is 1. The van der Waals surface area contributed by atoms with Crippen LogP contribution in [0.25, 0.3) is 11.0 Å². The van der Waals surface area contributed by atoms with Crippen LogP contribution in [-0.2, 0) is 13.6 Å². The molecule has 3 N–H and O–H groups in total. The van der Waals surface area contributed by atoms with Gasteiger partial charge in [-0.25, -0.2) is 0 Å². The maximum atomic E-state index is 12.4. The van der Waals surface area contributed by atoms with Gasteiger partial charge in [-0.15, -0.1) is 0 Å². The lowest BCUT2D eigenvalue weighted by molar-refractivity contribution is 0.0971. The number of aryl methyl sites for hydroxylation is 1. The molecular formula is C16H15ClN4O. The Morgan fingerprint density at radius 3 is 2.55 bits per heavy atom. The first-order valence-corrected chi connectivity index (χ1v) is 7.13. The summed E-state index contributed by atoms with van der Waals surface area (Å²) in [5.74, 6) is -0.0699. The first-order chi connectivity index (χ1) is 10.5. The van der Waals surface area contributed by atoms with Crippen molar-refractivity contribution in [2.24, 2.45) is 7.05 Å². The van der Waals surface area contributed by atoms with Crippen molar-refractivity contribution in [1.29, 1.82) is 5.41 Å². The quantitative estimate of drug-likeness (QED) is 0.576. The zero-order chi connectivity index (χ0) is 15.9. The molecule has 0 unspecified atom stereocenters. The van der Waals surface area contributed by atoms with Gasteiger partial charge in [0, 0.05) is 23.3 Å². The summed E-state index contributed by atoms with van der Waals surface area (Å²) in [4.78, 5) is 12.4. The van der Waals surface area contributed by atoms with E-state index in [0.717, 1.165) is 11.0 Å². The molecule has 112 valence electrons. The van der Waals surface area contributed by atoms with Crippen LogP contribution in [0.3, 0.4) is 0 Å². The Hall–Kier alpha value is -2.53. The number of carbonyl (C=O) groups is 1. The summed E-state index contributed by atoms with van der Waals surface area (Å²) in [6.07, 6.45) is 0. The predicted octanol–water partition coefficient (Wildman–Crippen LogP) is 2.58. The van der Waals surface area contributed by atoms with Crippen molar-refractivity contribution in [3.05, 3.63) is 58.7 Å². The summed E-state index contributed by atoms with van der Waals surface area (Å²) < 4.78 is 3.38. The SMILES string of the molecule is Cn1c(=N)n(CC(=O)c2ccc(Cl)cc2)c2ccc(N)cc21. The number of hydrogen-bond donors (Lipinski definition) is 2. The van der Waals surface area contributed by atoms with Crippen molar-refractivity contribution in [3.63, 3.8) is 0 Å². The molecule has 0 aliphatic rings. The average Bonchev–Trinajstić information content (AvgIpc) is 2.73. The second-order valence-corrected chi connectivity index (χ2v) is 5.58. The van der Waals surface area contributed by atoms with Crippen LogP contribution in [0, 0.1) is 5.41 Å². The highest BCUT2D eigenvalue weighted by atomic mass is 35.5. The van der Waals surface area contributed by atoms with Crippen molar-refractivity contribution < 1.29 is 4.79 Å². The lowest BCUT2D eigenvalue weighted by Gasteiger charge is -2.04. The van der Waals surface area contributed by atoms with Crippen LogP contribution in [-0.4, -0.2) is 14.9 Å². The third kappa shape index (κ3) is 2.40.